The van der Waals surface area contributed by atoms with E-state index in [9.17, 15) is 9.59 Å². The summed E-state index contributed by atoms with van der Waals surface area (Å²) >= 11 is 9.02. The molecule has 2 aromatic rings. The Hall–Kier alpha value is -1.59. The zero-order valence-corrected chi connectivity index (χ0v) is 12.3. The first-order valence-electron chi connectivity index (χ1n) is 5.43. The predicted molar refractivity (Wildman–Crippen MR) is 76.8 cm³/mol. The monoisotopic (exact) mass is 340 g/mol. The van der Waals surface area contributed by atoms with Gasteiger partial charge in [-0.25, -0.2) is 0 Å². The highest BCUT2D eigenvalue weighted by Gasteiger charge is 2.18. The molecule has 6 heteroatoms. The highest BCUT2D eigenvalue weighted by molar-refractivity contribution is 9.10. The summed E-state index contributed by atoms with van der Waals surface area (Å²) in [6, 6.07) is 8.09. The van der Waals surface area contributed by atoms with Crippen molar-refractivity contribution >= 4 is 39.2 Å². The third kappa shape index (κ3) is 2.88. The van der Waals surface area contributed by atoms with E-state index < -0.39 is 0 Å². The number of hydrogen-bond donors (Lipinski definition) is 2. The van der Waals surface area contributed by atoms with Gasteiger partial charge in [0.1, 0.15) is 5.69 Å². The number of aromatic nitrogens is 1. The van der Waals surface area contributed by atoms with E-state index in [0.717, 1.165) is 0 Å². The number of rotatable bonds is 3. The van der Waals surface area contributed by atoms with Crippen molar-refractivity contribution in [3.8, 4) is 0 Å². The molecule has 0 aliphatic rings. The van der Waals surface area contributed by atoms with Crippen LogP contribution in [0.4, 0.5) is 0 Å². The SMILES string of the molecule is CNC(=O)c1cc(C(=O)c2ccc(Cl)cc2)c(Br)[nH]1. The van der Waals surface area contributed by atoms with Crippen molar-refractivity contribution in [2.75, 3.05) is 7.05 Å². The Bertz CT molecular complexity index is 635. The van der Waals surface area contributed by atoms with Gasteiger partial charge in [-0.1, -0.05) is 11.6 Å². The first kappa shape index (κ1) is 13.8. The van der Waals surface area contributed by atoms with E-state index >= 15 is 0 Å². The molecule has 1 aromatic carbocycles. The van der Waals surface area contributed by atoms with E-state index in [0.29, 0.717) is 26.4 Å². The molecule has 0 saturated carbocycles. The fourth-order valence-electron chi connectivity index (χ4n) is 1.61. The molecule has 0 atom stereocenters. The second-order valence-corrected chi connectivity index (χ2v) is 5.06. The number of nitrogens with one attached hydrogen (secondary N) is 2. The number of H-pyrrole nitrogens is 1. The summed E-state index contributed by atoms with van der Waals surface area (Å²) < 4.78 is 0.478. The fourth-order valence-corrected chi connectivity index (χ4v) is 2.24. The summed E-state index contributed by atoms with van der Waals surface area (Å²) in [6.07, 6.45) is 0. The zero-order valence-electron chi connectivity index (χ0n) is 9.96. The van der Waals surface area contributed by atoms with Crippen LogP contribution in [0.25, 0.3) is 0 Å². The van der Waals surface area contributed by atoms with E-state index in [1.54, 1.807) is 24.3 Å². The van der Waals surface area contributed by atoms with Gasteiger partial charge in [0.05, 0.1) is 10.2 Å². The Morgan fingerprint density at radius 3 is 2.47 bits per heavy atom. The smallest absolute Gasteiger partial charge is 0.267 e. The lowest BCUT2D eigenvalue weighted by atomic mass is 10.1. The van der Waals surface area contributed by atoms with Gasteiger partial charge in [-0.2, -0.15) is 0 Å². The summed E-state index contributed by atoms with van der Waals surface area (Å²) in [4.78, 5) is 26.6. The molecule has 1 amide bonds. The lowest BCUT2D eigenvalue weighted by Crippen LogP contribution is -2.17. The van der Waals surface area contributed by atoms with Crippen molar-refractivity contribution in [3.05, 3.63) is 56.8 Å². The van der Waals surface area contributed by atoms with Gasteiger partial charge in [0.2, 0.25) is 0 Å². The molecule has 1 heterocycles. The van der Waals surface area contributed by atoms with Crippen molar-refractivity contribution in [1.29, 1.82) is 0 Å². The summed E-state index contributed by atoms with van der Waals surface area (Å²) in [7, 11) is 1.53. The molecule has 2 N–H and O–H groups in total. The summed E-state index contributed by atoms with van der Waals surface area (Å²) in [6.45, 7) is 0. The molecular formula is C13H10BrClN2O2. The van der Waals surface area contributed by atoms with Crippen LogP contribution in [0.5, 0.6) is 0 Å². The molecule has 1 aromatic heterocycles. The van der Waals surface area contributed by atoms with Crippen LogP contribution < -0.4 is 5.32 Å². The highest BCUT2D eigenvalue weighted by atomic mass is 79.9. The first-order chi connectivity index (χ1) is 9.02. The topological polar surface area (TPSA) is 62.0 Å². The fraction of sp³-hybridized carbons (Fsp3) is 0.0769. The van der Waals surface area contributed by atoms with E-state index in [1.807, 2.05) is 0 Å². The lowest BCUT2D eigenvalue weighted by Gasteiger charge is -1.99. The van der Waals surface area contributed by atoms with Crippen molar-refractivity contribution in [3.63, 3.8) is 0 Å². The normalized spacial score (nSPS) is 10.3. The first-order valence-corrected chi connectivity index (χ1v) is 6.61. The maximum atomic E-state index is 12.3. The standard InChI is InChI=1S/C13H10BrClN2O2/c1-16-13(19)10-6-9(12(14)17-10)11(18)7-2-4-8(15)5-3-7/h2-6,17H,1H3,(H,16,19). The van der Waals surface area contributed by atoms with Crippen LogP contribution in [0, 0.1) is 0 Å². The van der Waals surface area contributed by atoms with Gasteiger partial charge in [-0.05, 0) is 46.3 Å². The minimum atomic E-state index is -0.282. The molecule has 0 aliphatic heterocycles. The molecular weight excluding hydrogens is 332 g/mol. The average Bonchev–Trinajstić information content (AvgIpc) is 2.80. The van der Waals surface area contributed by atoms with Crippen molar-refractivity contribution in [2.45, 2.75) is 0 Å². The summed E-state index contributed by atoms with van der Waals surface area (Å²) in [5.41, 5.74) is 1.24. The summed E-state index contributed by atoms with van der Waals surface area (Å²) in [5.74, 6) is -0.467. The molecule has 4 nitrogen and oxygen atoms in total. The third-order valence-electron chi connectivity index (χ3n) is 2.59. The number of benzene rings is 1. The van der Waals surface area contributed by atoms with Crippen LogP contribution in [-0.2, 0) is 0 Å². The van der Waals surface area contributed by atoms with Crippen LogP contribution in [-0.4, -0.2) is 23.7 Å². The molecule has 19 heavy (non-hydrogen) atoms. The maximum Gasteiger partial charge on any atom is 0.267 e. The quantitative estimate of drug-likeness (QED) is 0.843. The van der Waals surface area contributed by atoms with Gasteiger partial charge in [0.25, 0.3) is 5.91 Å². The molecule has 98 valence electrons. The Morgan fingerprint density at radius 1 is 1.26 bits per heavy atom. The van der Waals surface area contributed by atoms with E-state index in [2.05, 4.69) is 26.2 Å². The van der Waals surface area contributed by atoms with Gasteiger partial charge in [-0.15, -0.1) is 0 Å². The van der Waals surface area contributed by atoms with E-state index in [1.165, 1.54) is 13.1 Å². The van der Waals surface area contributed by atoms with Gasteiger partial charge >= 0.3 is 0 Å². The Balaban J connectivity index is 2.36. The number of ketones is 1. The molecule has 0 radical (unpaired) electrons. The zero-order chi connectivity index (χ0) is 14.0. The Labute approximate surface area is 123 Å². The highest BCUT2D eigenvalue weighted by Crippen LogP contribution is 2.22. The second kappa shape index (κ2) is 5.59. The maximum absolute atomic E-state index is 12.3. The number of carbonyl (C=O) groups excluding carboxylic acids is 2. The van der Waals surface area contributed by atoms with Gasteiger partial charge in [0, 0.05) is 17.6 Å². The van der Waals surface area contributed by atoms with Gasteiger partial charge < -0.3 is 10.3 Å². The Kier molecular flexibility index (Phi) is 4.07. The minimum absolute atomic E-state index is 0.185. The second-order valence-electron chi connectivity index (χ2n) is 3.83. The van der Waals surface area contributed by atoms with Gasteiger partial charge in [0.15, 0.2) is 5.78 Å². The van der Waals surface area contributed by atoms with Gasteiger partial charge in [-0.3, -0.25) is 9.59 Å². The number of halogens is 2. The van der Waals surface area contributed by atoms with Crippen LogP contribution in [0.3, 0.4) is 0 Å². The minimum Gasteiger partial charge on any atom is -0.354 e. The molecule has 0 fully saturated rings. The molecule has 2 rings (SSSR count). The van der Waals surface area contributed by atoms with Crippen LogP contribution >= 0.6 is 27.5 Å². The largest absolute Gasteiger partial charge is 0.354 e. The van der Waals surface area contributed by atoms with Crippen molar-refractivity contribution in [1.82, 2.24) is 10.3 Å². The number of amides is 1. The molecule has 0 bridgehead atoms. The lowest BCUT2D eigenvalue weighted by molar-refractivity contribution is 0.0958. The van der Waals surface area contributed by atoms with Crippen LogP contribution in [0.1, 0.15) is 26.4 Å². The number of hydrogen-bond acceptors (Lipinski definition) is 2. The number of aromatic amines is 1. The van der Waals surface area contributed by atoms with Crippen molar-refractivity contribution in [2.24, 2.45) is 0 Å². The molecule has 0 spiro atoms. The number of carbonyl (C=O) groups is 2. The predicted octanol–water partition coefficient (Wildman–Crippen LogP) is 3.02. The van der Waals surface area contributed by atoms with E-state index in [4.69, 9.17) is 11.6 Å². The van der Waals surface area contributed by atoms with Crippen LogP contribution in [0.15, 0.2) is 34.9 Å². The van der Waals surface area contributed by atoms with Crippen LogP contribution in [0.2, 0.25) is 5.02 Å². The Morgan fingerprint density at radius 2 is 1.89 bits per heavy atom. The molecule has 0 aliphatic carbocycles. The van der Waals surface area contributed by atoms with Crippen molar-refractivity contribution < 1.29 is 9.59 Å². The molecule has 0 saturated heterocycles. The third-order valence-corrected chi connectivity index (χ3v) is 3.47. The summed E-state index contributed by atoms with van der Waals surface area (Å²) in [5, 5.41) is 3.05. The molecule has 0 unspecified atom stereocenters. The average molecular weight is 342 g/mol. The van der Waals surface area contributed by atoms with E-state index in [-0.39, 0.29) is 11.7 Å².